The zero-order chi connectivity index (χ0) is 23.1. The molecule has 32 heavy (non-hydrogen) atoms. The molecule has 0 spiro atoms. The average Bonchev–Trinajstić information content (AvgIpc) is 3.10. The van der Waals surface area contributed by atoms with Crippen molar-refractivity contribution >= 4 is 18.0 Å². The molecule has 8 heteroatoms. The van der Waals surface area contributed by atoms with Crippen LogP contribution in [0, 0.1) is 0 Å². The first-order valence-electron chi connectivity index (χ1n) is 10.7. The van der Waals surface area contributed by atoms with Crippen molar-refractivity contribution in [2.75, 3.05) is 13.2 Å². The SMILES string of the molecule is CCC[C@H](CC(=O)N[C@@H](CO)C(=O)O)NC(=O)OCC1c2ccccc2-c2ccccc21. The second-order valence-corrected chi connectivity index (χ2v) is 7.80. The minimum Gasteiger partial charge on any atom is -0.480 e. The van der Waals surface area contributed by atoms with E-state index < -0.39 is 36.7 Å². The summed E-state index contributed by atoms with van der Waals surface area (Å²) in [6.07, 6.45) is 0.496. The highest BCUT2D eigenvalue weighted by molar-refractivity contribution is 5.84. The van der Waals surface area contributed by atoms with Gasteiger partial charge >= 0.3 is 12.1 Å². The maximum absolute atomic E-state index is 12.5. The molecule has 170 valence electrons. The van der Waals surface area contributed by atoms with E-state index in [1.807, 2.05) is 43.3 Å². The molecule has 0 saturated heterocycles. The van der Waals surface area contributed by atoms with Gasteiger partial charge in [-0.05, 0) is 28.7 Å². The Labute approximate surface area is 186 Å². The highest BCUT2D eigenvalue weighted by Crippen LogP contribution is 2.44. The van der Waals surface area contributed by atoms with Crippen LogP contribution in [0.25, 0.3) is 11.1 Å². The first-order valence-corrected chi connectivity index (χ1v) is 10.7. The summed E-state index contributed by atoms with van der Waals surface area (Å²) in [5.74, 6) is -1.96. The monoisotopic (exact) mass is 440 g/mol. The Morgan fingerprint density at radius 3 is 2.12 bits per heavy atom. The smallest absolute Gasteiger partial charge is 0.407 e. The number of rotatable bonds is 10. The second kappa shape index (κ2) is 10.8. The number of amides is 2. The van der Waals surface area contributed by atoms with Gasteiger partial charge in [-0.3, -0.25) is 4.79 Å². The lowest BCUT2D eigenvalue weighted by Gasteiger charge is -2.20. The molecule has 3 rings (SSSR count). The fourth-order valence-electron chi connectivity index (χ4n) is 4.04. The molecular formula is C24H28N2O6. The van der Waals surface area contributed by atoms with E-state index in [4.69, 9.17) is 14.9 Å². The molecule has 0 aliphatic heterocycles. The quantitative estimate of drug-likeness (QED) is 0.450. The highest BCUT2D eigenvalue weighted by Gasteiger charge is 2.29. The molecule has 0 fully saturated rings. The third kappa shape index (κ3) is 5.45. The summed E-state index contributed by atoms with van der Waals surface area (Å²) in [6, 6.07) is 14.2. The third-order valence-corrected chi connectivity index (χ3v) is 5.55. The normalized spacial score (nSPS) is 14.1. The van der Waals surface area contributed by atoms with E-state index in [0.29, 0.717) is 12.8 Å². The van der Waals surface area contributed by atoms with Crippen LogP contribution in [0.15, 0.2) is 48.5 Å². The number of hydrogen-bond donors (Lipinski definition) is 4. The van der Waals surface area contributed by atoms with Crippen LogP contribution in [0.1, 0.15) is 43.2 Å². The van der Waals surface area contributed by atoms with Crippen molar-refractivity contribution < 1.29 is 29.3 Å². The molecule has 0 unspecified atom stereocenters. The molecule has 0 saturated carbocycles. The molecule has 1 aliphatic carbocycles. The molecule has 0 radical (unpaired) electrons. The van der Waals surface area contributed by atoms with Gasteiger partial charge in [0.2, 0.25) is 5.91 Å². The number of carbonyl (C=O) groups excluding carboxylic acids is 2. The van der Waals surface area contributed by atoms with Gasteiger partial charge in [-0.25, -0.2) is 9.59 Å². The predicted molar refractivity (Wildman–Crippen MR) is 118 cm³/mol. The summed E-state index contributed by atoms with van der Waals surface area (Å²) in [5, 5.41) is 23.0. The zero-order valence-electron chi connectivity index (χ0n) is 17.9. The first kappa shape index (κ1) is 23.3. The van der Waals surface area contributed by atoms with Crippen molar-refractivity contribution in [3.05, 3.63) is 59.7 Å². The number of benzene rings is 2. The molecule has 8 nitrogen and oxygen atoms in total. The van der Waals surface area contributed by atoms with E-state index in [9.17, 15) is 14.4 Å². The van der Waals surface area contributed by atoms with Gasteiger partial charge in [0.1, 0.15) is 12.6 Å². The second-order valence-electron chi connectivity index (χ2n) is 7.80. The van der Waals surface area contributed by atoms with E-state index in [2.05, 4.69) is 22.8 Å². The fraction of sp³-hybridized carbons (Fsp3) is 0.375. The minimum absolute atomic E-state index is 0.0676. The third-order valence-electron chi connectivity index (χ3n) is 5.55. The fourth-order valence-corrected chi connectivity index (χ4v) is 4.04. The summed E-state index contributed by atoms with van der Waals surface area (Å²) in [7, 11) is 0. The Balaban J connectivity index is 1.59. The van der Waals surface area contributed by atoms with E-state index in [0.717, 1.165) is 22.3 Å². The Morgan fingerprint density at radius 2 is 1.59 bits per heavy atom. The van der Waals surface area contributed by atoms with Crippen LogP contribution in [0.2, 0.25) is 0 Å². The molecule has 0 aromatic heterocycles. The topological polar surface area (TPSA) is 125 Å². The molecule has 1 aliphatic rings. The maximum Gasteiger partial charge on any atom is 0.407 e. The average molecular weight is 440 g/mol. The van der Waals surface area contributed by atoms with Gasteiger partial charge in [0.15, 0.2) is 0 Å². The maximum atomic E-state index is 12.5. The van der Waals surface area contributed by atoms with Crippen LogP contribution in [0.5, 0.6) is 0 Å². The summed E-state index contributed by atoms with van der Waals surface area (Å²) in [6.45, 7) is 1.37. The van der Waals surface area contributed by atoms with Gasteiger partial charge in [-0.2, -0.15) is 0 Å². The van der Waals surface area contributed by atoms with Gasteiger partial charge in [-0.15, -0.1) is 0 Å². The molecule has 0 heterocycles. The van der Waals surface area contributed by atoms with Gasteiger partial charge in [0.25, 0.3) is 0 Å². The van der Waals surface area contributed by atoms with Crippen LogP contribution < -0.4 is 10.6 Å². The van der Waals surface area contributed by atoms with Crippen LogP contribution in [0.4, 0.5) is 4.79 Å². The van der Waals surface area contributed by atoms with Crippen molar-refractivity contribution in [3.63, 3.8) is 0 Å². The number of aliphatic hydroxyl groups is 1. The largest absolute Gasteiger partial charge is 0.480 e. The van der Waals surface area contributed by atoms with E-state index in [-0.39, 0.29) is 18.9 Å². The molecular weight excluding hydrogens is 412 g/mol. The van der Waals surface area contributed by atoms with Gasteiger partial charge < -0.3 is 25.6 Å². The number of fused-ring (bicyclic) bond motifs is 3. The Bertz CT molecular complexity index is 931. The molecule has 4 N–H and O–H groups in total. The molecule has 2 atom stereocenters. The number of aliphatic carboxylic acids is 1. The summed E-state index contributed by atoms with van der Waals surface area (Å²) in [4.78, 5) is 35.6. The molecule has 2 aromatic carbocycles. The number of hydrogen-bond acceptors (Lipinski definition) is 5. The number of carbonyl (C=O) groups is 3. The van der Waals surface area contributed by atoms with Crippen molar-refractivity contribution in [2.45, 2.75) is 44.2 Å². The number of aliphatic hydroxyl groups excluding tert-OH is 1. The molecule has 0 bridgehead atoms. The predicted octanol–water partition coefficient (Wildman–Crippen LogP) is 2.65. The van der Waals surface area contributed by atoms with Crippen molar-refractivity contribution in [3.8, 4) is 11.1 Å². The summed E-state index contributed by atoms with van der Waals surface area (Å²) in [5.41, 5.74) is 4.48. The van der Waals surface area contributed by atoms with Crippen molar-refractivity contribution in [2.24, 2.45) is 0 Å². The van der Waals surface area contributed by atoms with E-state index in [1.165, 1.54) is 0 Å². The van der Waals surface area contributed by atoms with Gasteiger partial charge in [-0.1, -0.05) is 61.9 Å². The lowest BCUT2D eigenvalue weighted by molar-refractivity contribution is -0.143. The van der Waals surface area contributed by atoms with Crippen LogP contribution >= 0.6 is 0 Å². The number of carboxylic acid groups (broad SMARTS) is 1. The van der Waals surface area contributed by atoms with Gasteiger partial charge in [0, 0.05) is 18.4 Å². The minimum atomic E-state index is -1.38. The highest BCUT2D eigenvalue weighted by atomic mass is 16.5. The lowest BCUT2D eigenvalue weighted by Crippen LogP contribution is -2.46. The zero-order valence-corrected chi connectivity index (χ0v) is 17.9. The van der Waals surface area contributed by atoms with Crippen molar-refractivity contribution in [1.29, 1.82) is 0 Å². The number of nitrogens with one attached hydrogen (secondary N) is 2. The lowest BCUT2D eigenvalue weighted by atomic mass is 9.98. The van der Waals surface area contributed by atoms with Crippen LogP contribution in [-0.2, 0) is 14.3 Å². The van der Waals surface area contributed by atoms with Crippen molar-refractivity contribution in [1.82, 2.24) is 10.6 Å². The number of ether oxygens (including phenoxy) is 1. The van der Waals surface area contributed by atoms with E-state index in [1.54, 1.807) is 0 Å². The first-order chi connectivity index (χ1) is 15.4. The summed E-state index contributed by atoms with van der Waals surface area (Å²) >= 11 is 0. The molecule has 2 amide bonds. The Kier molecular flexibility index (Phi) is 7.83. The Morgan fingerprint density at radius 1 is 1.00 bits per heavy atom. The number of carboxylic acids is 1. The van der Waals surface area contributed by atoms with E-state index >= 15 is 0 Å². The standard InChI is InChI=1S/C24H28N2O6/c1-2-7-15(12-22(28)26-21(13-27)23(29)30)25-24(31)32-14-20-18-10-5-3-8-16(18)17-9-4-6-11-19(17)20/h3-6,8-11,15,20-21,27H,2,7,12-14H2,1H3,(H,25,31)(H,26,28)(H,29,30)/t15-,21+/m1/s1. The molecule has 2 aromatic rings. The Hall–Kier alpha value is -3.39. The van der Waals surface area contributed by atoms with Crippen LogP contribution in [-0.4, -0.2) is 53.5 Å². The summed E-state index contributed by atoms with van der Waals surface area (Å²) < 4.78 is 5.52. The van der Waals surface area contributed by atoms with Crippen LogP contribution in [0.3, 0.4) is 0 Å². The number of alkyl carbamates (subject to hydrolysis) is 1. The van der Waals surface area contributed by atoms with Gasteiger partial charge in [0.05, 0.1) is 6.61 Å².